The number of hydrogen-bond acceptors (Lipinski definition) is 6. The van der Waals surface area contributed by atoms with E-state index in [-0.39, 0.29) is 5.91 Å². The Morgan fingerprint density at radius 2 is 2.11 bits per heavy atom. The normalized spacial score (nSPS) is 23.4. The van der Waals surface area contributed by atoms with Gasteiger partial charge >= 0.3 is 0 Å². The summed E-state index contributed by atoms with van der Waals surface area (Å²) in [7, 11) is 0. The zero-order valence-corrected chi connectivity index (χ0v) is 17.6. The van der Waals surface area contributed by atoms with Crippen molar-refractivity contribution < 1.29 is 24.5 Å². The SMILES string of the molecule is CCSCCCOC1CC(O)CC(C(O)CCNC(=O)c2ccc(C)cc2)O1. The molecule has 1 aliphatic heterocycles. The monoisotopic (exact) mass is 411 g/mol. The number of hydrogen-bond donors (Lipinski definition) is 3. The van der Waals surface area contributed by atoms with Gasteiger partial charge in [-0.2, -0.15) is 11.8 Å². The van der Waals surface area contributed by atoms with Crippen molar-refractivity contribution in [2.45, 2.75) is 64.1 Å². The number of aliphatic hydroxyl groups excluding tert-OH is 2. The van der Waals surface area contributed by atoms with E-state index in [2.05, 4.69) is 12.2 Å². The molecule has 1 aliphatic rings. The number of ether oxygens (including phenoxy) is 2. The van der Waals surface area contributed by atoms with Crippen molar-refractivity contribution >= 4 is 17.7 Å². The third-order valence-corrected chi connectivity index (χ3v) is 5.69. The largest absolute Gasteiger partial charge is 0.393 e. The van der Waals surface area contributed by atoms with Crippen LogP contribution in [0.2, 0.25) is 0 Å². The number of benzene rings is 1. The molecule has 2 rings (SSSR count). The Bertz CT molecular complexity index is 583. The summed E-state index contributed by atoms with van der Waals surface area (Å²) in [5.41, 5.74) is 1.69. The van der Waals surface area contributed by atoms with Crippen molar-refractivity contribution in [3.63, 3.8) is 0 Å². The van der Waals surface area contributed by atoms with Crippen LogP contribution in [-0.2, 0) is 9.47 Å². The lowest BCUT2D eigenvalue weighted by Gasteiger charge is -2.35. The van der Waals surface area contributed by atoms with Crippen molar-refractivity contribution in [2.24, 2.45) is 0 Å². The minimum atomic E-state index is -0.769. The lowest BCUT2D eigenvalue weighted by Crippen LogP contribution is -2.44. The van der Waals surface area contributed by atoms with Gasteiger partial charge in [0, 0.05) is 24.9 Å². The molecule has 0 radical (unpaired) electrons. The van der Waals surface area contributed by atoms with Crippen LogP contribution in [0.15, 0.2) is 24.3 Å². The molecule has 4 atom stereocenters. The summed E-state index contributed by atoms with van der Waals surface area (Å²) in [5.74, 6) is 1.97. The van der Waals surface area contributed by atoms with E-state index >= 15 is 0 Å². The third kappa shape index (κ3) is 8.09. The van der Waals surface area contributed by atoms with Crippen molar-refractivity contribution in [1.29, 1.82) is 0 Å². The molecule has 0 spiro atoms. The Morgan fingerprint density at radius 3 is 2.82 bits per heavy atom. The van der Waals surface area contributed by atoms with Gasteiger partial charge in [-0.05, 0) is 43.4 Å². The molecular formula is C21H33NO5S. The van der Waals surface area contributed by atoms with Gasteiger partial charge in [-0.3, -0.25) is 4.79 Å². The van der Waals surface area contributed by atoms with E-state index < -0.39 is 24.6 Å². The second-order valence-electron chi connectivity index (χ2n) is 7.13. The first kappa shape index (κ1) is 23.2. The number of thioether (sulfide) groups is 1. The van der Waals surface area contributed by atoms with E-state index in [0.29, 0.717) is 38.0 Å². The molecule has 1 fully saturated rings. The zero-order chi connectivity index (χ0) is 20.4. The molecule has 158 valence electrons. The molecule has 1 aromatic rings. The van der Waals surface area contributed by atoms with Gasteiger partial charge in [-0.25, -0.2) is 0 Å². The fourth-order valence-electron chi connectivity index (χ4n) is 3.09. The Balaban J connectivity index is 1.70. The summed E-state index contributed by atoms with van der Waals surface area (Å²) in [4.78, 5) is 12.1. The number of nitrogens with one attached hydrogen (secondary N) is 1. The Morgan fingerprint density at radius 1 is 1.36 bits per heavy atom. The average Bonchev–Trinajstić information content (AvgIpc) is 2.67. The highest BCUT2D eigenvalue weighted by Crippen LogP contribution is 2.24. The summed E-state index contributed by atoms with van der Waals surface area (Å²) in [6, 6.07) is 7.34. The van der Waals surface area contributed by atoms with Crippen LogP contribution in [0, 0.1) is 6.92 Å². The number of amides is 1. The maximum atomic E-state index is 12.1. The van der Waals surface area contributed by atoms with Crippen LogP contribution in [0.1, 0.15) is 48.5 Å². The topological polar surface area (TPSA) is 88.0 Å². The molecule has 1 saturated heterocycles. The van der Waals surface area contributed by atoms with E-state index in [1.54, 1.807) is 12.1 Å². The zero-order valence-electron chi connectivity index (χ0n) is 16.8. The van der Waals surface area contributed by atoms with E-state index in [4.69, 9.17) is 9.47 Å². The highest BCUT2D eigenvalue weighted by molar-refractivity contribution is 7.99. The lowest BCUT2D eigenvalue weighted by molar-refractivity contribution is -0.234. The fourth-order valence-corrected chi connectivity index (χ4v) is 3.70. The van der Waals surface area contributed by atoms with E-state index in [0.717, 1.165) is 23.5 Å². The summed E-state index contributed by atoms with van der Waals surface area (Å²) in [5, 5.41) is 23.3. The van der Waals surface area contributed by atoms with Crippen LogP contribution in [-0.4, -0.2) is 65.4 Å². The second kappa shape index (κ2) is 12.4. The van der Waals surface area contributed by atoms with Crippen LogP contribution >= 0.6 is 11.8 Å². The van der Waals surface area contributed by atoms with Gasteiger partial charge in [-0.15, -0.1) is 0 Å². The molecule has 7 heteroatoms. The molecule has 0 aromatic heterocycles. The number of rotatable bonds is 11. The molecule has 28 heavy (non-hydrogen) atoms. The number of aryl methyl sites for hydroxylation is 1. The predicted molar refractivity (Wildman–Crippen MR) is 112 cm³/mol. The summed E-state index contributed by atoms with van der Waals surface area (Å²) in [6.07, 6.45) is -0.207. The van der Waals surface area contributed by atoms with Gasteiger partial charge < -0.3 is 25.0 Å². The van der Waals surface area contributed by atoms with Crippen LogP contribution in [0.5, 0.6) is 0 Å². The van der Waals surface area contributed by atoms with Crippen molar-refractivity contribution in [3.05, 3.63) is 35.4 Å². The van der Waals surface area contributed by atoms with Crippen LogP contribution in [0.3, 0.4) is 0 Å². The van der Waals surface area contributed by atoms with Gasteiger partial charge in [-0.1, -0.05) is 24.6 Å². The molecular weight excluding hydrogens is 378 g/mol. The fraction of sp³-hybridized carbons (Fsp3) is 0.667. The highest BCUT2D eigenvalue weighted by atomic mass is 32.2. The minimum Gasteiger partial charge on any atom is -0.393 e. The number of aliphatic hydroxyl groups is 2. The number of carbonyl (C=O) groups is 1. The van der Waals surface area contributed by atoms with Crippen LogP contribution < -0.4 is 5.32 Å². The first-order chi connectivity index (χ1) is 13.5. The molecule has 1 aromatic carbocycles. The molecule has 1 amide bonds. The van der Waals surface area contributed by atoms with Gasteiger partial charge in [0.05, 0.1) is 24.9 Å². The first-order valence-electron chi connectivity index (χ1n) is 10.1. The van der Waals surface area contributed by atoms with Gasteiger partial charge in [0.15, 0.2) is 6.29 Å². The van der Waals surface area contributed by atoms with Gasteiger partial charge in [0.1, 0.15) is 0 Å². The maximum absolute atomic E-state index is 12.1. The summed E-state index contributed by atoms with van der Waals surface area (Å²) in [6.45, 7) is 5.02. The van der Waals surface area contributed by atoms with Crippen molar-refractivity contribution in [3.8, 4) is 0 Å². The summed E-state index contributed by atoms with van der Waals surface area (Å²) < 4.78 is 11.5. The van der Waals surface area contributed by atoms with Crippen LogP contribution in [0.25, 0.3) is 0 Å². The molecule has 3 N–H and O–H groups in total. The smallest absolute Gasteiger partial charge is 0.251 e. The number of carbonyl (C=O) groups excluding carboxylic acids is 1. The first-order valence-corrected chi connectivity index (χ1v) is 11.2. The molecule has 0 bridgehead atoms. The third-order valence-electron chi connectivity index (χ3n) is 4.70. The van der Waals surface area contributed by atoms with E-state index in [9.17, 15) is 15.0 Å². The average molecular weight is 412 g/mol. The Labute approximate surface area is 172 Å². The van der Waals surface area contributed by atoms with Crippen LogP contribution in [0.4, 0.5) is 0 Å². The lowest BCUT2D eigenvalue weighted by atomic mass is 9.99. The standard InChI is InChI=1S/C21H33NO5S/c1-3-28-12-4-11-26-20-14-17(23)13-19(27-20)18(24)9-10-22-21(25)16-7-5-15(2)6-8-16/h5-8,17-20,23-24H,3-4,9-14H2,1-2H3,(H,22,25). The van der Waals surface area contributed by atoms with Gasteiger partial charge in [0.25, 0.3) is 5.91 Å². The second-order valence-corrected chi connectivity index (χ2v) is 8.52. The Hall–Kier alpha value is -1.12. The Kier molecular flexibility index (Phi) is 10.3. The maximum Gasteiger partial charge on any atom is 0.251 e. The quantitative estimate of drug-likeness (QED) is 0.485. The van der Waals surface area contributed by atoms with E-state index in [1.165, 1.54) is 0 Å². The molecule has 0 saturated carbocycles. The van der Waals surface area contributed by atoms with E-state index in [1.807, 2.05) is 30.8 Å². The highest BCUT2D eigenvalue weighted by Gasteiger charge is 2.33. The predicted octanol–water partition coefficient (Wildman–Crippen LogP) is 2.50. The molecule has 4 unspecified atom stereocenters. The van der Waals surface area contributed by atoms with Gasteiger partial charge in [0.2, 0.25) is 0 Å². The molecule has 1 heterocycles. The molecule has 6 nitrogen and oxygen atoms in total. The van der Waals surface area contributed by atoms with Crippen molar-refractivity contribution in [2.75, 3.05) is 24.7 Å². The minimum absolute atomic E-state index is 0.164. The molecule has 0 aliphatic carbocycles. The van der Waals surface area contributed by atoms with Crippen molar-refractivity contribution in [1.82, 2.24) is 5.32 Å². The summed E-state index contributed by atoms with van der Waals surface area (Å²) >= 11 is 1.87.